The highest BCUT2D eigenvalue weighted by Crippen LogP contribution is 2.20. The summed E-state index contributed by atoms with van der Waals surface area (Å²) in [4.78, 5) is 20.6. The molecule has 0 aliphatic carbocycles. The van der Waals surface area contributed by atoms with Gasteiger partial charge < -0.3 is 10.1 Å². The fourth-order valence-corrected chi connectivity index (χ4v) is 2.16. The van der Waals surface area contributed by atoms with E-state index in [0.717, 1.165) is 5.56 Å². The van der Waals surface area contributed by atoms with E-state index in [1.807, 2.05) is 32.9 Å². The van der Waals surface area contributed by atoms with E-state index in [4.69, 9.17) is 16.3 Å². The van der Waals surface area contributed by atoms with E-state index < -0.39 is 0 Å². The zero-order chi connectivity index (χ0) is 16.1. The molecule has 2 rings (SSSR count). The summed E-state index contributed by atoms with van der Waals surface area (Å²) in [6.07, 6.45) is 0.267. The summed E-state index contributed by atoms with van der Waals surface area (Å²) < 4.78 is 5.29. The Hall–Kier alpha value is -2.14. The number of ether oxygens (including phenoxy) is 1. The number of benzene rings is 1. The molecule has 0 aliphatic heterocycles. The van der Waals surface area contributed by atoms with Crippen LogP contribution in [0.1, 0.15) is 23.9 Å². The zero-order valence-corrected chi connectivity index (χ0v) is 13.6. The normalized spacial score (nSPS) is 10.4. The quantitative estimate of drug-likeness (QED) is 0.918. The molecule has 1 N–H and O–H groups in total. The minimum Gasteiger partial charge on any atom is -0.464 e. The first-order valence-corrected chi connectivity index (χ1v) is 7.39. The maximum absolute atomic E-state index is 12.2. The van der Waals surface area contributed by atoms with Crippen LogP contribution in [-0.2, 0) is 11.2 Å². The number of carbonyl (C=O) groups is 1. The SMILES string of the molecule is CCOc1nc(C)c(NC(=O)Cc2ccc(Cl)cc2)c(C)n1. The summed E-state index contributed by atoms with van der Waals surface area (Å²) in [5.41, 5.74) is 2.88. The molecule has 1 aromatic heterocycles. The second kappa shape index (κ2) is 7.22. The second-order valence-electron chi connectivity index (χ2n) is 4.84. The van der Waals surface area contributed by atoms with E-state index in [1.54, 1.807) is 12.1 Å². The number of nitrogens with one attached hydrogen (secondary N) is 1. The fourth-order valence-electron chi connectivity index (χ4n) is 2.03. The van der Waals surface area contributed by atoms with E-state index in [2.05, 4.69) is 15.3 Å². The van der Waals surface area contributed by atoms with Crippen LogP contribution >= 0.6 is 11.6 Å². The Kier molecular flexibility index (Phi) is 5.33. The number of halogens is 1. The molecule has 1 heterocycles. The Balaban J connectivity index is 2.09. The van der Waals surface area contributed by atoms with Gasteiger partial charge in [0, 0.05) is 5.02 Å². The van der Waals surface area contributed by atoms with Crippen LogP contribution in [-0.4, -0.2) is 22.5 Å². The molecule has 0 saturated carbocycles. The maximum atomic E-state index is 12.2. The van der Waals surface area contributed by atoms with Gasteiger partial charge in [0.15, 0.2) is 0 Å². The van der Waals surface area contributed by atoms with Gasteiger partial charge in [-0.25, -0.2) is 0 Å². The lowest BCUT2D eigenvalue weighted by atomic mass is 10.1. The summed E-state index contributed by atoms with van der Waals surface area (Å²) in [5, 5.41) is 3.51. The number of nitrogens with zero attached hydrogens (tertiary/aromatic N) is 2. The first-order valence-electron chi connectivity index (χ1n) is 7.02. The van der Waals surface area contributed by atoms with Gasteiger partial charge in [0.1, 0.15) is 0 Å². The molecule has 0 spiro atoms. The maximum Gasteiger partial charge on any atom is 0.316 e. The predicted molar refractivity (Wildman–Crippen MR) is 86.5 cm³/mol. The monoisotopic (exact) mass is 319 g/mol. The molecule has 2 aromatic rings. The summed E-state index contributed by atoms with van der Waals surface area (Å²) in [5.74, 6) is -0.124. The smallest absolute Gasteiger partial charge is 0.316 e. The zero-order valence-electron chi connectivity index (χ0n) is 12.8. The van der Waals surface area contributed by atoms with Crippen molar-refractivity contribution in [1.29, 1.82) is 0 Å². The lowest BCUT2D eigenvalue weighted by Crippen LogP contribution is -2.17. The number of aromatic nitrogens is 2. The van der Waals surface area contributed by atoms with Crippen molar-refractivity contribution in [3.8, 4) is 6.01 Å². The molecule has 0 saturated heterocycles. The number of anilines is 1. The average molecular weight is 320 g/mol. The third-order valence-electron chi connectivity index (χ3n) is 3.07. The summed E-state index contributed by atoms with van der Waals surface area (Å²) >= 11 is 5.83. The molecule has 5 nitrogen and oxygen atoms in total. The van der Waals surface area contributed by atoms with Crippen molar-refractivity contribution in [3.63, 3.8) is 0 Å². The van der Waals surface area contributed by atoms with E-state index >= 15 is 0 Å². The Morgan fingerprint density at radius 1 is 1.18 bits per heavy atom. The van der Waals surface area contributed by atoms with Gasteiger partial charge in [0.05, 0.1) is 30.1 Å². The number of aryl methyl sites for hydroxylation is 2. The molecule has 0 bridgehead atoms. The van der Waals surface area contributed by atoms with Crippen LogP contribution in [0.2, 0.25) is 5.02 Å². The molecule has 0 radical (unpaired) electrons. The third-order valence-corrected chi connectivity index (χ3v) is 3.32. The first-order chi connectivity index (χ1) is 10.5. The Bertz CT molecular complexity index is 649. The van der Waals surface area contributed by atoms with Crippen molar-refractivity contribution in [3.05, 3.63) is 46.2 Å². The fraction of sp³-hybridized carbons (Fsp3) is 0.312. The highest BCUT2D eigenvalue weighted by molar-refractivity contribution is 6.30. The molecule has 0 aliphatic rings. The van der Waals surface area contributed by atoms with Gasteiger partial charge in [-0.2, -0.15) is 9.97 Å². The summed E-state index contributed by atoms with van der Waals surface area (Å²) in [6, 6.07) is 7.52. The van der Waals surface area contributed by atoms with Crippen LogP contribution in [0.15, 0.2) is 24.3 Å². The molecule has 6 heteroatoms. The Morgan fingerprint density at radius 2 is 1.77 bits per heavy atom. The number of rotatable bonds is 5. The van der Waals surface area contributed by atoms with Crippen molar-refractivity contribution in [2.75, 3.05) is 11.9 Å². The standard InChI is InChI=1S/C16H18ClN3O2/c1-4-22-16-18-10(2)15(11(3)19-16)20-14(21)9-12-5-7-13(17)8-6-12/h5-8H,4,9H2,1-3H3,(H,20,21). The molecule has 1 aromatic carbocycles. The number of hydrogen-bond acceptors (Lipinski definition) is 4. The second-order valence-corrected chi connectivity index (χ2v) is 5.27. The number of carbonyl (C=O) groups excluding carboxylic acids is 1. The van der Waals surface area contributed by atoms with Crippen LogP contribution in [0.3, 0.4) is 0 Å². The van der Waals surface area contributed by atoms with Gasteiger partial charge in [-0.3, -0.25) is 4.79 Å². The average Bonchev–Trinajstić information content (AvgIpc) is 2.46. The van der Waals surface area contributed by atoms with E-state index in [-0.39, 0.29) is 12.3 Å². The van der Waals surface area contributed by atoms with Gasteiger partial charge in [0.25, 0.3) is 0 Å². The molecule has 0 atom stereocenters. The highest BCUT2D eigenvalue weighted by Gasteiger charge is 2.12. The lowest BCUT2D eigenvalue weighted by Gasteiger charge is -2.12. The molecular formula is C16H18ClN3O2. The van der Waals surface area contributed by atoms with Gasteiger partial charge in [-0.15, -0.1) is 0 Å². The van der Waals surface area contributed by atoms with Crippen molar-refractivity contribution in [1.82, 2.24) is 9.97 Å². The first kappa shape index (κ1) is 16.2. The Morgan fingerprint density at radius 3 is 2.32 bits per heavy atom. The Labute approximate surface area is 134 Å². The lowest BCUT2D eigenvalue weighted by molar-refractivity contribution is -0.115. The molecule has 116 valence electrons. The molecule has 0 fully saturated rings. The van der Waals surface area contributed by atoms with Gasteiger partial charge >= 0.3 is 6.01 Å². The van der Waals surface area contributed by atoms with Crippen LogP contribution in [0.25, 0.3) is 0 Å². The molecule has 22 heavy (non-hydrogen) atoms. The van der Waals surface area contributed by atoms with E-state index in [1.165, 1.54) is 0 Å². The van der Waals surface area contributed by atoms with Gasteiger partial charge in [-0.05, 0) is 38.5 Å². The molecule has 1 amide bonds. The van der Waals surface area contributed by atoms with E-state index in [0.29, 0.717) is 34.7 Å². The van der Waals surface area contributed by atoms with Crippen molar-refractivity contribution < 1.29 is 9.53 Å². The number of amides is 1. The summed E-state index contributed by atoms with van der Waals surface area (Å²) in [7, 11) is 0. The predicted octanol–water partition coefficient (Wildman–Crippen LogP) is 3.33. The highest BCUT2D eigenvalue weighted by atomic mass is 35.5. The van der Waals surface area contributed by atoms with Gasteiger partial charge in [-0.1, -0.05) is 23.7 Å². The number of hydrogen-bond donors (Lipinski definition) is 1. The van der Waals surface area contributed by atoms with Crippen LogP contribution in [0.4, 0.5) is 5.69 Å². The van der Waals surface area contributed by atoms with Gasteiger partial charge in [0.2, 0.25) is 5.91 Å². The largest absolute Gasteiger partial charge is 0.464 e. The van der Waals surface area contributed by atoms with Crippen LogP contribution < -0.4 is 10.1 Å². The third kappa shape index (κ3) is 4.18. The van der Waals surface area contributed by atoms with Crippen LogP contribution in [0.5, 0.6) is 6.01 Å². The molecule has 0 unspecified atom stereocenters. The minimum atomic E-state index is -0.124. The van der Waals surface area contributed by atoms with E-state index in [9.17, 15) is 4.79 Å². The van der Waals surface area contributed by atoms with Crippen molar-refractivity contribution >= 4 is 23.2 Å². The van der Waals surface area contributed by atoms with Crippen molar-refractivity contribution in [2.24, 2.45) is 0 Å². The molecular weight excluding hydrogens is 302 g/mol. The summed E-state index contributed by atoms with van der Waals surface area (Å²) in [6.45, 7) is 6.00. The topological polar surface area (TPSA) is 64.1 Å². The van der Waals surface area contributed by atoms with Crippen LogP contribution in [0, 0.1) is 13.8 Å². The minimum absolute atomic E-state index is 0.124. The van der Waals surface area contributed by atoms with Crippen molar-refractivity contribution in [2.45, 2.75) is 27.2 Å².